The van der Waals surface area contributed by atoms with Crippen molar-refractivity contribution in [3.63, 3.8) is 0 Å². The monoisotopic (exact) mass is 319 g/mol. The van der Waals surface area contributed by atoms with Crippen molar-refractivity contribution < 1.29 is 23.2 Å². The van der Waals surface area contributed by atoms with Gasteiger partial charge in [-0.25, -0.2) is 4.39 Å². The number of fused-ring (bicyclic) bond motifs is 1. The van der Waals surface area contributed by atoms with Gasteiger partial charge >= 0.3 is 0 Å². The van der Waals surface area contributed by atoms with E-state index in [1.54, 1.807) is 0 Å². The lowest BCUT2D eigenvalue weighted by atomic mass is 10.2. The first kappa shape index (κ1) is 14.1. The van der Waals surface area contributed by atoms with Gasteiger partial charge in [0.15, 0.2) is 12.4 Å². The normalized spacial score (nSPS) is 20.5. The molecule has 1 amide bonds. The molecule has 1 atom stereocenters. The van der Waals surface area contributed by atoms with Crippen LogP contribution in [-0.4, -0.2) is 29.3 Å². The number of nitrogens with zero attached hydrogens (tertiary/aromatic N) is 3. The quantitative estimate of drug-likeness (QED) is 0.861. The zero-order chi connectivity index (χ0) is 15.8. The topological polar surface area (TPSA) is 77.7 Å². The van der Waals surface area contributed by atoms with Crippen LogP contribution in [0, 0.1) is 5.82 Å². The van der Waals surface area contributed by atoms with E-state index in [1.807, 2.05) is 0 Å². The second-order valence-electron chi connectivity index (χ2n) is 5.43. The van der Waals surface area contributed by atoms with E-state index >= 15 is 0 Å². The Kier molecular flexibility index (Phi) is 3.45. The summed E-state index contributed by atoms with van der Waals surface area (Å²) in [6.45, 7) is 0.668. The SMILES string of the molecule is O=C1COc2ccc(F)cc2N1Cc1noc(C2CCCO2)n1. The van der Waals surface area contributed by atoms with Crippen molar-refractivity contribution in [1.29, 1.82) is 0 Å². The Hall–Kier alpha value is -2.48. The summed E-state index contributed by atoms with van der Waals surface area (Å²) in [6, 6.07) is 4.04. The number of rotatable bonds is 3. The van der Waals surface area contributed by atoms with Gasteiger partial charge < -0.3 is 14.0 Å². The van der Waals surface area contributed by atoms with E-state index < -0.39 is 5.82 Å². The fourth-order valence-electron chi connectivity index (χ4n) is 2.72. The smallest absolute Gasteiger partial charge is 0.265 e. The Balaban J connectivity index is 1.59. The lowest BCUT2D eigenvalue weighted by Gasteiger charge is -2.28. The van der Waals surface area contributed by atoms with E-state index in [4.69, 9.17) is 14.0 Å². The zero-order valence-corrected chi connectivity index (χ0v) is 12.2. The van der Waals surface area contributed by atoms with Crippen molar-refractivity contribution in [2.24, 2.45) is 0 Å². The number of ether oxygens (including phenoxy) is 2. The Bertz CT molecular complexity index is 742. The molecule has 3 heterocycles. The maximum atomic E-state index is 13.5. The van der Waals surface area contributed by atoms with Crippen LogP contribution in [0.25, 0.3) is 0 Å². The van der Waals surface area contributed by atoms with Gasteiger partial charge in [0, 0.05) is 12.7 Å². The molecule has 1 saturated heterocycles. The van der Waals surface area contributed by atoms with Crippen LogP contribution in [0.2, 0.25) is 0 Å². The van der Waals surface area contributed by atoms with Gasteiger partial charge in [-0.05, 0) is 25.0 Å². The second-order valence-corrected chi connectivity index (χ2v) is 5.43. The predicted octanol–water partition coefficient (Wildman–Crippen LogP) is 1.99. The van der Waals surface area contributed by atoms with Gasteiger partial charge in [-0.3, -0.25) is 9.69 Å². The van der Waals surface area contributed by atoms with Crippen molar-refractivity contribution in [1.82, 2.24) is 10.1 Å². The molecule has 0 saturated carbocycles. The summed E-state index contributed by atoms with van der Waals surface area (Å²) in [7, 11) is 0. The molecule has 0 spiro atoms. The molecule has 1 fully saturated rings. The van der Waals surface area contributed by atoms with Crippen molar-refractivity contribution in [2.75, 3.05) is 18.1 Å². The molecule has 0 radical (unpaired) electrons. The summed E-state index contributed by atoms with van der Waals surface area (Å²) in [5.74, 6) is 0.485. The highest BCUT2D eigenvalue weighted by atomic mass is 19.1. The van der Waals surface area contributed by atoms with Gasteiger partial charge in [-0.15, -0.1) is 0 Å². The standard InChI is InChI=1S/C15H14FN3O4/c16-9-3-4-11-10(6-9)19(14(20)8-22-11)7-13-17-15(23-18-13)12-2-1-5-21-12/h3-4,6,12H,1-2,5,7-8H2. The van der Waals surface area contributed by atoms with E-state index in [1.165, 1.54) is 23.1 Å². The molecule has 4 rings (SSSR count). The molecule has 2 aliphatic heterocycles. The third-order valence-corrected chi connectivity index (χ3v) is 3.85. The maximum absolute atomic E-state index is 13.5. The zero-order valence-electron chi connectivity index (χ0n) is 12.2. The summed E-state index contributed by atoms with van der Waals surface area (Å²) < 4.78 is 29.5. The summed E-state index contributed by atoms with van der Waals surface area (Å²) in [6.07, 6.45) is 1.62. The fraction of sp³-hybridized carbons (Fsp3) is 0.400. The molecule has 0 aliphatic carbocycles. The third kappa shape index (κ3) is 2.65. The van der Waals surface area contributed by atoms with E-state index in [9.17, 15) is 9.18 Å². The Morgan fingerprint density at radius 1 is 1.39 bits per heavy atom. The van der Waals surface area contributed by atoms with Gasteiger partial charge in [-0.2, -0.15) is 4.98 Å². The lowest BCUT2D eigenvalue weighted by molar-refractivity contribution is -0.121. The van der Waals surface area contributed by atoms with Gasteiger partial charge in [0.2, 0.25) is 0 Å². The van der Waals surface area contributed by atoms with Crippen molar-refractivity contribution in [2.45, 2.75) is 25.5 Å². The van der Waals surface area contributed by atoms with Crippen LogP contribution in [-0.2, 0) is 16.1 Å². The van der Waals surface area contributed by atoms with Crippen molar-refractivity contribution in [3.05, 3.63) is 35.7 Å². The van der Waals surface area contributed by atoms with Crippen LogP contribution < -0.4 is 9.64 Å². The molecule has 1 aromatic carbocycles. The molecule has 0 bridgehead atoms. The van der Waals surface area contributed by atoms with Crippen LogP contribution in [0.4, 0.5) is 10.1 Å². The first-order chi connectivity index (χ1) is 11.2. The molecule has 2 aliphatic rings. The number of halogens is 1. The summed E-state index contributed by atoms with van der Waals surface area (Å²) >= 11 is 0. The van der Waals surface area contributed by atoms with Crippen LogP contribution in [0.1, 0.15) is 30.7 Å². The number of carbonyl (C=O) groups excluding carboxylic acids is 1. The number of hydrogen-bond donors (Lipinski definition) is 0. The fourth-order valence-corrected chi connectivity index (χ4v) is 2.72. The highest BCUT2D eigenvalue weighted by Crippen LogP contribution is 2.33. The molecule has 8 heteroatoms. The van der Waals surface area contributed by atoms with Crippen LogP contribution >= 0.6 is 0 Å². The van der Waals surface area contributed by atoms with E-state index in [-0.39, 0.29) is 25.2 Å². The number of anilines is 1. The molecule has 1 aromatic heterocycles. The second kappa shape index (κ2) is 5.62. The molecule has 1 unspecified atom stereocenters. The first-order valence-corrected chi connectivity index (χ1v) is 7.37. The van der Waals surface area contributed by atoms with E-state index in [2.05, 4.69) is 10.1 Å². The van der Waals surface area contributed by atoms with Crippen molar-refractivity contribution in [3.8, 4) is 5.75 Å². The minimum Gasteiger partial charge on any atom is -0.482 e. The lowest BCUT2D eigenvalue weighted by Crippen LogP contribution is -2.38. The highest BCUT2D eigenvalue weighted by Gasteiger charge is 2.29. The average Bonchev–Trinajstić information content (AvgIpc) is 3.21. The number of amides is 1. The minimum atomic E-state index is -0.444. The highest BCUT2D eigenvalue weighted by molar-refractivity contribution is 5.97. The van der Waals surface area contributed by atoms with Crippen LogP contribution in [0.15, 0.2) is 22.7 Å². The van der Waals surface area contributed by atoms with Gasteiger partial charge in [0.05, 0.1) is 12.2 Å². The summed E-state index contributed by atoms with van der Waals surface area (Å²) in [5, 5.41) is 3.89. The van der Waals surface area contributed by atoms with Crippen LogP contribution in [0.5, 0.6) is 5.75 Å². The summed E-state index contributed by atoms with van der Waals surface area (Å²) in [5.41, 5.74) is 0.365. The number of aromatic nitrogens is 2. The van der Waals surface area contributed by atoms with Crippen LogP contribution in [0.3, 0.4) is 0 Å². The summed E-state index contributed by atoms with van der Waals surface area (Å²) in [4.78, 5) is 17.8. The maximum Gasteiger partial charge on any atom is 0.265 e. The Morgan fingerprint density at radius 2 is 2.30 bits per heavy atom. The van der Waals surface area contributed by atoms with Gasteiger partial charge in [0.25, 0.3) is 11.8 Å². The predicted molar refractivity (Wildman–Crippen MR) is 75.3 cm³/mol. The molecule has 23 heavy (non-hydrogen) atoms. The third-order valence-electron chi connectivity index (χ3n) is 3.85. The molecule has 7 nitrogen and oxygen atoms in total. The van der Waals surface area contributed by atoms with Gasteiger partial charge in [-0.1, -0.05) is 5.16 Å². The molecule has 120 valence electrons. The molecular weight excluding hydrogens is 305 g/mol. The molecule has 0 N–H and O–H groups in total. The average molecular weight is 319 g/mol. The first-order valence-electron chi connectivity index (χ1n) is 7.37. The molecular formula is C15H14FN3O4. The van der Waals surface area contributed by atoms with E-state index in [0.29, 0.717) is 29.8 Å². The van der Waals surface area contributed by atoms with E-state index in [0.717, 1.165) is 12.8 Å². The minimum absolute atomic E-state index is 0.0921. The Labute approximate surface area is 131 Å². The number of carbonyl (C=O) groups is 1. The number of hydrogen-bond acceptors (Lipinski definition) is 6. The number of benzene rings is 1. The Morgan fingerprint density at radius 3 is 3.13 bits per heavy atom. The largest absolute Gasteiger partial charge is 0.482 e. The van der Waals surface area contributed by atoms with Gasteiger partial charge in [0.1, 0.15) is 17.7 Å². The van der Waals surface area contributed by atoms with Crippen molar-refractivity contribution >= 4 is 11.6 Å². The molecule has 2 aromatic rings.